The fourth-order valence-corrected chi connectivity index (χ4v) is 10.4. The molecular formula is C60H116O17P2. The van der Waals surface area contributed by atoms with Crippen molar-refractivity contribution in [1.82, 2.24) is 0 Å². The van der Waals surface area contributed by atoms with E-state index in [2.05, 4.69) is 34.6 Å². The van der Waals surface area contributed by atoms with E-state index in [0.717, 1.165) is 109 Å². The van der Waals surface area contributed by atoms with Gasteiger partial charge in [-0.05, 0) is 31.6 Å². The molecule has 468 valence electrons. The summed E-state index contributed by atoms with van der Waals surface area (Å²) in [5.41, 5.74) is 0. The monoisotopic (exact) mass is 1170 g/mol. The summed E-state index contributed by atoms with van der Waals surface area (Å²) in [5.74, 6) is -1.41. The fraction of sp³-hybridized carbons (Fsp3) is 0.933. The van der Waals surface area contributed by atoms with Crippen LogP contribution in [0.4, 0.5) is 0 Å². The average Bonchev–Trinajstić information content (AvgIpc) is 3.42. The number of phosphoric acid groups is 2. The van der Waals surface area contributed by atoms with Crippen LogP contribution in [0.2, 0.25) is 0 Å². The van der Waals surface area contributed by atoms with Gasteiger partial charge in [-0.1, -0.05) is 247 Å². The Morgan fingerprint density at radius 3 is 0.899 bits per heavy atom. The van der Waals surface area contributed by atoms with Crippen LogP contribution in [0, 0.1) is 5.92 Å². The van der Waals surface area contributed by atoms with E-state index >= 15 is 0 Å². The van der Waals surface area contributed by atoms with Crippen LogP contribution in [0.3, 0.4) is 0 Å². The molecule has 0 rings (SSSR count). The molecule has 0 saturated heterocycles. The summed E-state index contributed by atoms with van der Waals surface area (Å²) in [6.07, 6.45) is 36.2. The second-order valence-corrected chi connectivity index (χ2v) is 24.9. The van der Waals surface area contributed by atoms with E-state index in [1.165, 1.54) is 109 Å². The zero-order chi connectivity index (χ0) is 58.5. The molecule has 0 aromatic heterocycles. The number of carbonyl (C=O) groups is 4. The largest absolute Gasteiger partial charge is 0.472 e. The highest BCUT2D eigenvalue weighted by Gasteiger charge is 2.30. The zero-order valence-electron chi connectivity index (χ0n) is 50.5. The minimum absolute atomic E-state index is 0.105. The number of carbonyl (C=O) groups excluding carboxylic acids is 4. The van der Waals surface area contributed by atoms with Crippen LogP contribution in [-0.2, 0) is 65.4 Å². The summed E-state index contributed by atoms with van der Waals surface area (Å²) in [4.78, 5) is 71.9. The first-order valence-corrected chi connectivity index (χ1v) is 34.7. The molecule has 0 fully saturated rings. The van der Waals surface area contributed by atoms with Crippen molar-refractivity contribution in [2.45, 2.75) is 316 Å². The Morgan fingerprint density at radius 1 is 0.354 bits per heavy atom. The SMILES string of the molecule is CCCCCCCCCCCCCCC(=O)O[C@H](COC(=O)CCCCCCCCC(C)CC)COP(=O)(O)OC[C@@H](O)COP(=O)(O)OC[C@@H](COC(=O)CCCCCCCCCC)OC(=O)CCCCCCCCCCC. The van der Waals surface area contributed by atoms with Gasteiger partial charge in [-0.25, -0.2) is 9.13 Å². The fourth-order valence-electron chi connectivity index (χ4n) is 8.84. The first-order valence-electron chi connectivity index (χ1n) is 31.7. The maximum absolute atomic E-state index is 12.9. The van der Waals surface area contributed by atoms with Crippen LogP contribution in [-0.4, -0.2) is 96.7 Å². The van der Waals surface area contributed by atoms with Crippen LogP contribution in [0.1, 0.15) is 298 Å². The lowest BCUT2D eigenvalue weighted by Gasteiger charge is -2.21. The van der Waals surface area contributed by atoms with E-state index in [1.807, 2.05) is 0 Å². The standard InChI is InChI=1S/C60H116O17P2/c1-6-10-13-16-19-22-23-24-26-29-36-41-46-60(65)77-56(50-71-58(63)44-39-34-31-30-32-37-42-53(5)9-4)52-75-79(68,69)73-48-54(61)47-72-78(66,67)74-51-55(49-70-57(62)43-38-33-27-21-18-15-12-8-3)76-59(64)45-40-35-28-25-20-17-14-11-7-2/h53-56,61H,6-52H2,1-5H3,(H,66,67)(H,68,69)/t53?,54-,55+,56+/m0/s1. The highest BCUT2D eigenvalue weighted by atomic mass is 31.2. The van der Waals surface area contributed by atoms with Crippen molar-refractivity contribution in [3.63, 3.8) is 0 Å². The lowest BCUT2D eigenvalue weighted by Crippen LogP contribution is -2.30. The number of esters is 4. The van der Waals surface area contributed by atoms with Crippen LogP contribution in [0.15, 0.2) is 0 Å². The number of hydrogen-bond acceptors (Lipinski definition) is 15. The molecule has 0 aliphatic heterocycles. The van der Waals surface area contributed by atoms with Gasteiger partial charge in [0.2, 0.25) is 0 Å². The Hall–Kier alpha value is -1.94. The predicted octanol–water partition coefficient (Wildman–Crippen LogP) is 16.2. The van der Waals surface area contributed by atoms with Crippen molar-refractivity contribution in [2.75, 3.05) is 39.6 Å². The van der Waals surface area contributed by atoms with Crippen molar-refractivity contribution in [3.8, 4) is 0 Å². The molecule has 19 heteroatoms. The van der Waals surface area contributed by atoms with Gasteiger partial charge in [0.1, 0.15) is 19.3 Å². The van der Waals surface area contributed by atoms with Gasteiger partial charge in [0, 0.05) is 25.7 Å². The predicted molar refractivity (Wildman–Crippen MR) is 312 cm³/mol. The minimum atomic E-state index is -4.94. The Labute approximate surface area is 479 Å². The molecule has 0 aliphatic rings. The highest BCUT2D eigenvalue weighted by Crippen LogP contribution is 2.45. The van der Waals surface area contributed by atoms with Gasteiger partial charge >= 0.3 is 39.5 Å². The van der Waals surface area contributed by atoms with Gasteiger partial charge in [-0.3, -0.25) is 37.3 Å². The normalized spacial score (nSPS) is 14.7. The summed E-state index contributed by atoms with van der Waals surface area (Å²) in [5, 5.41) is 10.5. The number of aliphatic hydroxyl groups is 1. The van der Waals surface area contributed by atoms with Gasteiger partial charge in [0.25, 0.3) is 0 Å². The molecule has 0 heterocycles. The van der Waals surface area contributed by atoms with Gasteiger partial charge in [-0.15, -0.1) is 0 Å². The quantitative estimate of drug-likeness (QED) is 0.0222. The number of rotatable bonds is 60. The highest BCUT2D eigenvalue weighted by molar-refractivity contribution is 7.47. The number of ether oxygens (including phenoxy) is 4. The van der Waals surface area contributed by atoms with E-state index in [0.29, 0.717) is 25.7 Å². The maximum atomic E-state index is 12.9. The third-order valence-electron chi connectivity index (χ3n) is 14.1. The minimum Gasteiger partial charge on any atom is -0.462 e. The Morgan fingerprint density at radius 2 is 0.608 bits per heavy atom. The molecule has 3 N–H and O–H groups in total. The molecule has 0 amide bonds. The summed E-state index contributed by atoms with van der Waals surface area (Å²) in [6.45, 7) is 7.08. The lowest BCUT2D eigenvalue weighted by atomic mass is 10.00. The van der Waals surface area contributed by atoms with Crippen LogP contribution >= 0.6 is 15.6 Å². The maximum Gasteiger partial charge on any atom is 0.472 e. The van der Waals surface area contributed by atoms with E-state index in [1.54, 1.807) is 0 Å². The van der Waals surface area contributed by atoms with Crippen molar-refractivity contribution < 1.29 is 80.2 Å². The van der Waals surface area contributed by atoms with E-state index in [4.69, 9.17) is 37.0 Å². The van der Waals surface area contributed by atoms with E-state index in [9.17, 15) is 43.2 Å². The second kappa shape index (κ2) is 54.0. The topological polar surface area (TPSA) is 237 Å². The third-order valence-corrected chi connectivity index (χ3v) is 16.0. The van der Waals surface area contributed by atoms with Gasteiger partial charge in [0.15, 0.2) is 12.2 Å². The Balaban J connectivity index is 5.23. The van der Waals surface area contributed by atoms with Crippen LogP contribution < -0.4 is 0 Å². The molecule has 0 spiro atoms. The molecule has 0 radical (unpaired) electrons. The average molecular weight is 1170 g/mol. The van der Waals surface area contributed by atoms with Crippen molar-refractivity contribution >= 4 is 39.5 Å². The number of aliphatic hydroxyl groups excluding tert-OH is 1. The third kappa shape index (κ3) is 53.8. The van der Waals surface area contributed by atoms with Crippen molar-refractivity contribution in [2.24, 2.45) is 5.92 Å². The Bertz CT molecular complexity index is 1550. The molecule has 6 atom stereocenters. The smallest absolute Gasteiger partial charge is 0.462 e. The van der Waals surface area contributed by atoms with E-state index < -0.39 is 97.5 Å². The molecule has 79 heavy (non-hydrogen) atoms. The molecule has 0 aliphatic carbocycles. The van der Waals surface area contributed by atoms with Crippen molar-refractivity contribution in [1.29, 1.82) is 0 Å². The van der Waals surface area contributed by atoms with Gasteiger partial charge in [-0.2, -0.15) is 0 Å². The van der Waals surface area contributed by atoms with Gasteiger partial charge in [0.05, 0.1) is 26.4 Å². The molecule has 0 bridgehead atoms. The summed E-state index contributed by atoms with van der Waals surface area (Å²) >= 11 is 0. The van der Waals surface area contributed by atoms with Crippen LogP contribution in [0.25, 0.3) is 0 Å². The van der Waals surface area contributed by atoms with Crippen LogP contribution in [0.5, 0.6) is 0 Å². The molecule has 0 aromatic rings. The first-order chi connectivity index (χ1) is 38.1. The number of phosphoric ester groups is 2. The molecule has 0 aromatic carbocycles. The molecule has 0 saturated carbocycles. The lowest BCUT2D eigenvalue weighted by molar-refractivity contribution is -0.161. The summed E-state index contributed by atoms with van der Waals surface area (Å²) in [7, 11) is -9.87. The zero-order valence-corrected chi connectivity index (χ0v) is 52.3. The first kappa shape index (κ1) is 77.1. The second-order valence-electron chi connectivity index (χ2n) is 22.0. The number of hydrogen-bond donors (Lipinski definition) is 3. The molecule has 3 unspecified atom stereocenters. The molecule has 17 nitrogen and oxygen atoms in total. The Kier molecular flexibility index (Phi) is 52.7. The number of unbranched alkanes of at least 4 members (excludes halogenated alkanes) is 31. The summed E-state index contributed by atoms with van der Waals surface area (Å²) in [6, 6.07) is 0. The van der Waals surface area contributed by atoms with E-state index in [-0.39, 0.29) is 25.7 Å². The molecular weight excluding hydrogens is 1050 g/mol. The summed E-state index contributed by atoms with van der Waals surface area (Å²) < 4.78 is 67.7. The van der Waals surface area contributed by atoms with Crippen molar-refractivity contribution in [3.05, 3.63) is 0 Å². The van der Waals surface area contributed by atoms with Gasteiger partial charge < -0.3 is 33.8 Å².